The third kappa shape index (κ3) is 8.94. The van der Waals surface area contributed by atoms with Crippen LogP contribution in [0.5, 0.6) is 0 Å². The summed E-state index contributed by atoms with van der Waals surface area (Å²) in [6.45, 7) is 12.3. The number of carbonyl (C=O) groups excluding carboxylic acids is 3. The van der Waals surface area contributed by atoms with Crippen LogP contribution in [0.4, 0.5) is 15.3 Å². The van der Waals surface area contributed by atoms with Gasteiger partial charge in [0.1, 0.15) is 17.0 Å². The number of anilines is 1. The molecule has 220 valence electrons. The van der Waals surface area contributed by atoms with Gasteiger partial charge in [0.05, 0.1) is 34.1 Å². The highest BCUT2D eigenvalue weighted by atomic mass is 35.5. The predicted octanol–water partition coefficient (Wildman–Crippen LogP) is 5.48. The van der Waals surface area contributed by atoms with Crippen LogP contribution in [0.25, 0.3) is 16.6 Å². The lowest BCUT2D eigenvalue weighted by Gasteiger charge is -2.23. The largest absolute Gasteiger partial charge is 0.460 e. The number of ether oxygens (including phenoxy) is 2. The minimum Gasteiger partial charge on any atom is -0.460 e. The van der Waals surface area contributed by atoms with Crippen LogP contribution in [0.15, 0.2) is 47.3 Å². The first-order valence-corrected chi connectivity index (χ1v) is 13.5. The summed E-state index contributed by atoms with van der Waals surface area (Å²) in [4.78, 5) is 55.3. The molecule has 3 aromatic rings. The number of halogens is 1. The van der Waals surface area contributed by atoms with E-state index in [1.165, 1.54) is 4.57 Å². The summed E-state index contributed by atoms with van der Waals surface area (Å²) in [6, 6.07) is 10.2. The topological polar surface area (TPSA) is 141 Å². The molecule has 41 heavy (non-hydrogen) atoms. The van der Waals surface area contributed by atoms with E-state index in [4.69, 9.17) is 21.1 Å². The Bertz CT molecular complexity index is 1510. The van der Waals surface area contributed by atoms with Gasteiger partial charge < -0.3 is 25.4 Å². The first-order valence-electron chi connectivity index (χ1n) is 13.1. The summed E-state index contributed by atoms with van der Waals surface area (Å²) in [5.74, 6) is -0.196. The van der Waals surface area contributed by atoms with Crippen molar-refractivity contribution in [3.8, 4) is 5.69 Å². The van der Waals surface area contributed by atoms with Gasteiger partial charge in [0.15, 0.2) is 0 Å². The summed E-state index contributed by atoms with van der Waals surface area (Å²) >= 11 is 6.38. The van der Waals surface area contributed by atoms with Gasteiger partial charge in [-0.3, -0.25) is 14.2 Å². The van der Waals surface area contributed by atoms with Crippen molar-refractivity contribution in [1.29, 1.82) is 0 Å². The second-order valence-corrected chi connectivity index (χ2v) is 11.8. The van der Waals surface area contributed by atoms with E-state index in [9.17, 15) is 19.2 Å². The monoisotopic (exact) mass is 585 g/mol. The maximum Gasteiger partial charge on any atom is 0.408 e. The minimum atomic E-state index is -0.742. The second kappa shape index (κ2) is 12.6. The molecule has 12 heteroatoms. The Hall–Kier alpha value is -4.12. The summed E-state index contributed by atoms with van der Waals surface area (Å²) in [5, 5.41) is 8.47. The highest BCUT2D eigenvalue weighted by Gasteiger charge is 2.24. The molecule has 3 amide bonds. The van der Waals surface area contributed by atoms with E-state index in [0.717, 1.165) is 0 Å². The number of aromatic nitrogens is 2. The van der Waals surface area contributed by atoms with Crippen LogP contribution in [0.3, 0.4) is 0 Å². The highest BCUT2D eigenvalue weighted by Crippen LogP contribution is 2.24. The second-order valence-electron chi connectivity index (χ2n) is 11.4. The number of amides is 3. The molecule has 0 saturated carbocycles. The molecule has 11 nitrogen and oxygen atoms in total. The minimum absolute atomic E-state index is 0.00946. The molecule has 0 aliphatic carbocycles. The lowest BCUT2D eigenvalue weighted by atomic mass is 10.2. The van der Waals surface area contributed by atoms with Gasteiger partial charge >= 0.3 is 18.1 Å². The van der Waals surface area contributed by atoms with E-state index in [-0.39, 0.29) is 29.2 Å². The molecule has 0 fully saturated rings. The van der Waals surface area contributed by atoms with Crippen LogP contribution in [-0.2, 0) is 14.3 Å². The number of nitrogens with one attached hydrogen (secondary N) is 3. The molecule has 0 bridgehead atoms. The standard InChI is InChI=1S/C29H36ClN5O6/c1-17(32-27(39)41-29(5,6)7)24-34-21-13-9-12-20(30)23(21)25(37)35(24)19-11-8-10-18(16-19)33-26(38)31-15-14-22(36)40-28(2,3)4/h8-13,16-17H,14-15H2,1-7H3,(H,32,39)(H2,31,33,38). The van der Waals surface area contributed by atoms with Gasteiger partial charge in [0, 0.05) is 12.2 Å². The van der Waals surface area contributed by atoms with Crippen LogP contribution in [-0.4, -0.2) is 45.4 Å². The Kier molecular flexibility index (Phi) is 9.65. The van der Waals surface area contributed by atoms with Crippen molar-refractivity contribution in [1.82, 2.24) is 20.2 Å². The number of hydrogen-bond acceptors (Lipinski definition) is 7. The predicted molar refractivity (Wildman–Crippen MR) is 158 cm³/mol. The van der Waals surface area contributed by atoms with Crippen LogP contribution in [0.1, 0.15) is 66.8 Å². The van der Waals surface area contributed by atoms with Gasteiger partial charge in [-0.2, -0.15) is 0 Å². The van der Waals surface area contributed by atoms with E-state index in [1.54, 1.807) is 90.9 Å². The number of urea groups is 1. The number of esters is 1. The third-order valence-electron chi connectivity index (χ3n) is 5.39. The lowest BCUT2D eigenvalue weighted by molar-refractivity contribution is -0.154. The lowest BCUT2D eigenvalue weighted by Crippen LogP contribution is -2.37. The van der Waals surface area contributed by atoms with Crippen LogP contribution in [0.2, 0.25) is 5.02 Å². The molecule has 0 saturated heterocycles. The fourth-order valence-electron chi connectivity index (χ4n) is 3.86. The van der Waals surface area contributed by atoms with Gasteiger partial charge in [0.25, 0.3) is 5.56 Å². The number of hydrogen-bond donors (Lipinski definition) is 3. The fourth-order valence-corrected chi connectivity index (χ4v) is 4.11. The number of fused-ring (bicyclic) bond motifs is 1. The number of carbonyl (C=O) groups is 3. The number of nitrogens with zero attached hydrogens (tertiary/aromatic N) is 2. The Morgan fingerprint density at radius 1 is 1.00 bits per heavy atom. The molecule has 1 aromatic heterocycles. The van der Waals surface area contributed by atoms with Crippen molar-refractivity contribution < 1.29 is 23.9 Å². The van der Waals surface area contributed by atoms with E-state index in [1.807, 2.05) is 0 Å². The van der Waals surface area contributed by atoms with Crippen molar-refractivity contribution >= 4 is 46.3 Å². The zero-order chi connectivity index (χ0) is 30.5. The van der Waals surface area contributed by atoms with Gasteiger partial charge in [0.2, 0.25) is 0 Å². The van der Waals surface area contributed by atoms with E-state index >= 15 is 0 Å². The molecule has 1 atom stereocenters. The SMILES string of the molecule is CC(NC(=O)OC(C)(C)C)c1nc2cccc(Cl)c2c(=O)n1-c1cccc(NC(=O)NCCC(=O)OC(C)(C)C)c1. The highest BCUT2D eigenvalue weighted by molar-refractivity contribution is 6.35. The van der Waals surface area contributed by atoms with Crippen LogP contribution in [0, 0.1) is 0 Å². The van der Waals surface area contributed by atoms with Crippen molar-refractivity contribution in [2.45, 2.75) is 72.1 Å². The molecule has 0 radical (unpaired) electrons. The summed E-state index contributed by atoms with van der Waals surface area (Å²) < 4.78 is 11.9. The molecule has 3 rings (SSSR count). The zero-order valence-corrected chi connectivity index (χ0v) is 25.0. The smallest absolute Gasteiger partial charge is 0.408 e. The van der Waals surface area contributed by atoms with Gasteiger partial charge in [-0.15, -0.1) is 0 Å². The van der Waals surface area contributed by atoms with Crippen LogP contribution < -0.4 is 21.5 Å². The summed E-state index contributed by atoms with van der Waals surface area (Å²) in [6.07, 6.45) is -0.661. The van der Waals surface area contributed by atoms with E-state index in [0.29, 0.717) is 16.9 Å². The molecule has 0 spiro atoms. The molecule has 1 unspecified atom stereocenters. The quantitative estimate of drug-likeness (QED) is 0.312. The third-order valence-corrected chi connectivity index (χ3v) is 5.71. The first kappa shape index (κ1) is 31.4. The number of alkyl carbamates (subject to hydrolysis) is 1. The summed E-state index contributed by atoms with van der Waals surface area (Å²) in [7, 11) is 0. The Morgan fingerprint density at radius 2 is 1.66 bits per heavy atom. The van der Waals surface area contributed by atoms with Crippen molar-refractivity contribution in [3.05, 3.63) is 63.7 Å². The van der Waals surface area contributed by atoms with Gasteiger partial charge in [-0.1, -0.05) is 23.7 Å². The molecular weight excluding hydrogens is 550 g/mol. The molecule has 1 heterocycles. The molecular formula is C29H36ClN5O6. The number of rotatable bonds is 7. The number of benzene rings is 2. The summed E-state index contributed by atoms with van der Waals surface area (Å²) in [5.41, 5.74) is -0.664. The fraction of sp³-hybridized carbons (Fsp3) is 0.414. The Labute approximate surface area is 243 Å². The van der Waals surface area contributed by atoms with E-state index in [2.05, 4.69) is 20.9 Å². The maximum atomic E-state index is 13.8. The van der Waals surface area contributed by atoms with Crippen LogP contribution >= 0.6 is 11.6 Å². The molecule has 2 aromatic carbocycles. The van der Waals surface area contributed by atoms with E-state index < -0.39 is 40.9 Å². The average Bonchev–Trinajstić information content (AvgIpc) is 2.81. The zero-order valence-electron chi connectivity index (χ0n) is 24.3. The average molecular weight is 586 g/mol. The Balaban J connectivity index is 1.90. The normalized spacial score (nSPS) is 12.4. The van der Waals surface area contributed by atoms with Gasteiger partial charge in [-0.05, 0) is 78.8 Å². The van der Waals surface area contributed by atoms with Crippen molar-refractivity contribution in [2.75, 3.05) is 11.9 Å². The molecule has 3 N–H and O–H groups in total. The molecule has 0 aliphatic heterocycles. The van der Waals surface area contributed by atoms with Crippen molar-refractivity contribution in [3.63, 3.8) is 0 Å². The van der Waals surface area contributed by atoms with Gasteiger partial charge in [-0.25, -0.2) is 14.6 Å². The Morgan fingerprint density at radius 3 is 2.32 bits per heavy atom. The maximum absolute atomic E-state index is 13.8. The first-order chi connectivity index (χ1) is 19.0. The molecule has 0 aliphatic rings. The van der Waals surface area contributed by atoms with Crippen molar-refractivity contribution in [2.24, 2.45) is 0 Å².